The molecule has 1 heterocycles. The number of piperidine rings is 1. The minimum absolute atomic E-state index is 0.00709. The maximum absolute atomic E-state index is 12.1. The molecule has 1 rings (SSSR count). The van der Waals surface area contributed by atoms with E-state index in [0.29, 0.717) is 13.0 Å². The van der Waals surface area contributed by atoms with Crippen molar-refractivity contribution >= 4 is 11.9 Å². The van der Waals surface area contributed by atoms with Gasteiger partial charge in [-0.25, -0.2) is 0 Å². The van der Waals surface area contributed by atoms with E-state index >= 15 is 0 Å². The lowest BCUT2D eigenvalue weighted by molar-refractivity contribution is -0.144. The van der Waals surface area contributed by atoms with Gasteiger partial charge in [0.15, 0.2) is 0 Å². The molecule has 1 amide bonds. The lowest BCUT2D eigenvalue weighted by Gasteiger charge is -2.35. The fraction of sp³-hybridized carbons (Fsp3) is 0.846. The number of carbonyl (C=O) groups excluding carboxylic acids is 2. The zero-order chi connectivity index (χ0) is 13.5. The summed E-state index contributed by atoms with van der Waals surface area (Å²) in [6.07, 6.45) is 3.29. The van der Waals surface area contributed by atoms with Gasteiger partial charge in [-0.15, -0.1) is 0 Å². The highest BCUT2D eigenvalue weighted by Gasteiger charge is 2.28. The second kappa shape index (κ2) is 7.36. The van der Waals surface area contributed by atoms with Gasteiger partial charge in [0.25, 0.3) is 0 Å². The number of carbonyl (C=O) groups is 2. The highest BCUT2D eigenvalue weighted by atomic mass is 16.5. The van der Waals surface area contributed by atoms with Gasteiger partial charge >= 0.3 is 5.97 Å². The average Bonchev–Trinajstić information content (AvgIpc) is 2.36. The van der Waals surface area contributed by atoms with Crippen molar-refractivity contribution in [3.05, 3.63) is 0 Å². The summed E-state index contributed by atoms with van der Waals surface area (Å²) in [6, 6.07) is 0.297. The maximum Gasteiger partial charge on any atom is 0.307 e. The Morgan fingerprint density at radius 2 is 2.11 bits per heavy atom. The van der Waals surface area contributed by atoms with Gasteiger partial charge in [0.05, 0.1) is 20.1 Å². The van der Waals surface area contributed by atoms with Crippen molar-refractivity contribution in [2.45, 2.75) is 51.6 Å². The van der Waals surface area contributed by atoms with Crippen molar-refractivity contribution in [1.29, 1.82) is 0 Å². The molecule has 0 aromatic carbocycles. The van der Waals surface area contributed by atoms with E-state index in [1.165, 1.54) is 7.11 Å². The second-order valence-electron chi connectivity index (χ2n) is 5.05. The van der Waals surface area contributed by atoms with E-state index in [1.54, 1.807) is 0 Å². The Balaban J connectivity index is 2.52. The SMILES string of the molecule is COC(=O)CC1CCCCN1C(=O)CNC(C)C. The molecule has 0 aliphatic carbocycles. The zero-order valence-electron chi connectivity index (χ0n) is 11.6. The number of nitrogens with one attached hydrogen (secondary N) is 1. The molecule has 1 aliphatic heterocycles. The number of rotatable bonds is 5. The number of esters is 1. The Labute approximate surface area is 109 Å². The minimum atomic E-state index is -0.239. The predicted molar refractivity (Wildman–Crippen MR) is 69.1 cm³/mol. The molecular formula is C13H24N2O3. The van der Waals surface area contributed by atoms with Gasteiger partial charge in [0.2, 0.25) is 5.91 Å². The molecule has 1 unspecified atom stereocenters. The largest absolute Gasteiger partial charge is 0.469 e. The summed E-state index contributed by atoms with van der Waals surface area (Å²) in [5.74, 6) is -0.158. The predicted octanol–water partition coefficient (Wildman–Crippen LogP) is 0.929. The van der Waals surface area contributed by atoms with E-state index in [4.69, 9.17) is 0 Å². The molecule has 0 aromatic heterocycles. The fourth-order valence-corrected chi connectivity index (χ4v) is 2.21. The van der Waals surface area contributed by atoms with E-state index in [0.717, 1.165) is 25.8 Å². The van der Waals surface area contributed by atoms with Crippen LogP contribution in [0.2, 0.25) is 0 Å². The van der Waals surface area contributed by atoms with Crippen LogP contribution in [0.1, 0.15) is 39.5 Å². The molecule has 1 saturated heterocycles. The van der Waals surface area contributed by atoms with E-state index in [9.17, 15) is 9.59 Å². The van der Waals surface area contributed by atoms with Gasteiger partial charge in [-0.2, -0.15) is 0 Å². The van der Waals surface area contributed by atoms with Gasteiger partial charge in [-0.05, 0) is 19.3 Å². The van der Waals surface area contributed by atoms with Crippen LogP contribution >= 0.6 is 0 Å². The van der Waals surface area contributed by atoms with Gasteiger partial charge in [0.1, 0.15) is 0 Å². The Hall–Kier alpha value is -1.10. The van der Waals surface area contributed by atoms with Crippen LogP contribution in [-0.4, -0.2) is 49.1 Å². The third kappa shape index (κ3) is 4.64. The number of amides is 1. The molecule has 0 spiro atoms. The summed E-state index contributed by atoms with van der Waals surface area (Å²) in [6.45, 7) is 5.11. The van der Waals surface area contributed by atoms with E-state index < -0.39 is 0 Å². The molecule has 0 radical (unpaired) electrons. The molecule has 5 nitrogen and oxygen atoms in total. The number of ether oxygens (including phenoxy) is 1. The van der Waals surface area contributed by atoms with Gasteiger partial charge in [-0.3, -0.25) is 9.59 Å². The first-order valence-corrected chi connectivity index (χ1v) is 6.64. The molecule has 1 fully saturated rings. The summed E-state index contributed by atoms with van der Waals surface area (Å²) in [4.78, 5) is 25.3. The topological polar surface area (TPSA) is 58.6 Å². The molecule has 1 aliphatic rings. The van der Waals surface area contributed by atoms with Crippen molar-refractivity contribution in [2.75, 3.05) is 20.2 Å². The van der Waals surface area contributed by atoms with Crippen LogP contribution in [0.15, 0.2) is 0 Å². The smallest absolute Gasteiger partial charge is 0.307 e. The molecule has 104 valence electrons. The molecule has 1 atom stereocenters. The molecule has 5 heteroatoms. The Kier molecular flexibility index (Phi) is 6.12. The number of hydrogen-bond acceptors (Lipinski definition) is 4. The average molecular weight is 256 g/mol. The number of likely N-dealkylation sites (tertiary alicyclic amines) is 1. The fourth-order valence-electron chi connectivity index (χ4n) is 2.21. The third-order valence-corrected chi connectivity index (χ3v) is 3.24. The molecule has 18 heavy (non-hydrogen) atoms. The Morgan fingerprint density at radius 3 is 2.72 bits per heavy atom. The first-order valence-electron chi connectivity index (χ1n) is 6.64. The maximum atomic E-state index is 12.1. The summed E-state index contributed by atoms with van der Waals surface area (Å²) in [5.41, 5.74) is 0. The van der Waals surface area contributed by atoms with Crippen LogP contribution in [0.4, 0.5) is 0 Å². The quantitative estimate of drug-likeness (QED) is 0.743. The third-order valence-electron chi connectivity index (χ3n) is 3.24. The molecule has 0 saturated carbocycles. The van der Waals surface area contributed by atoms with Crippen molar-refractivity contribution in [2.24, 2.45) is 0 Å². The van der Waals surface area contributed by atoms with Gasteiger partial charge < -0.3 is 15.0 Å². The van der Waals surface area contributed by atoms with E-state index in [-0.39, 0.29) is 24.0 Å². The van der Waals surface area contributed by atoms with E-state index in [2.05, 4.69) is 10.1 Å². The van der Waals surface area contributed by atoms with Crippen LogP contribution in [0.25, 0.3) is 0 Å². The molecule has 1 N–H and O–H groups in total. The van der Waals surface area contributed by atoms with Crippen LogP contribution < -0.4 is 5.32 Å². The minimum Gasteiger partial charge on any atom is -0.469 e. The number of nitrogens with zero attached hydrogens (tertiary/aromatic N) is 1. The highest BCUT2D eigenvalue weighted by molar-refractivity contribution is 5.79. The summed E-state index contributed by atoms with van der Waals surface area (Å²) >= 11 is 0. The summed E-state index contributed by atoms with van der Waals surface area (Å²) < 4.78 is 4.69. The van der Waals surface area contributed by atoms with Crippen molar-refractivity contribution in [3.8, 4) is 0 Å². The summed E-state index contributed by atoms with van der Waals surface area (Å²) in [5, 5.41) is 3.12. The summed E-state index contributed by atoms with van der Waals surface area (Å²) in [7, 11) is 1.39. The first-order chi connectivity index (χ1) is 8.54. The molecular weight excluding hydrogens is 232 g/mol. The second-order valence-corrected chi connectivity index (χ2v) is 5.05. The Bertz CT molecular complexity index is 292. The number of methoxy groups -OCH3 is 1. The lowest BCUT2D eigenvalue weighted by Crippen LogP contribution is -2.48. The van der Waals surface area contributed by atoms with Crippen LogP contribution in [-0.2, 0) is 14.3 Å². The van der Waals surface area contributed by atoms with Gasteiger partial charge in [-0.1, -0.05) is 13.8 Å². The lowest BCUT2D eigenvalue weighted by atomic mass is 9.99. The van der Waals surface area contributed by atoms with Crippen LogP contribution in [0.3, 0.4) is 0 Å². The molecule has 0 aromatic rings. The van der Waals surface area contributed by atoms with Crippen molar-refractivity contribution in [1.82, 2.24) is 10.2 Å². The van der Waals surface area contributed by atoms with E-state index in [1.807, 2.05) is 18.7 Å². The van der Waals surface area contributed by atoms with Gasteiger partial charge in [0, 0.05) is 18.6 Å². The normalized spacial score (nSPS) is 20.0. The Morgan fingerprint density at radius 1 is 1.39 bits per heavy atom. The van der Waals surface area contributed by atoms with Crippen molar-refractivity contribution in [3.63, 3.8) is 0 Å². The monoisotopic (exact) mass is 256 g/mol. The first kappa shape index (κ1) is 15.0. The highest BCUT2D eigenvalue weighted by Crippen LogP contribution is 2.20. The van der Waals surface area contributed by atoms with Crippen LogP contribution in [0.5, 0.6) is 0 Å². The number of hydrogen-bond donors (Lipinski definition) is 1. The zero-order valence-corrected chi connectivity index (χ0v) is 11.6. The van der Waals surface area contributed by atoms with Crippen molar-refractivity contribution < 1.29 is 14.3 Å². The molecule has 0 bridgehead atoms. The standard InChI is InChI=1S/C13H24N2O3/c1-10(2)14-9-12(16)15-7-5-4-6-11(15)8-13(17)18-3/h10-11,14H,4-9H2,1-3H3. The van der Waals surface area contributed by atoms with Crippen LogP contribution in [0, 0.1) is 0 Å².